The Kier molecular flexibility index (Phi) is 2.90. The number of likely N-dealkylation sites (N-methyl/N-ethyl adjacent to an activating group) is 1. The van der Waals surface area contributed by atoms with E-state index in [2.05, 4.69) is 26.2 Å². The van der Waals surface area contributed by atoms with Crippen LogP contribution in [0.15, 0.2) is 22.9 Å². The lowest BCUT2D eigenvalue weighted by molar-refractivity contribution is -0.126. The molecule has 0 aliphatic carbocycles. The SMILES string of the molecule is CN1CC(Nc2ccncc2Br)CC1=O. The maximum atomic E-state index is 11.3. The van der Waals surface area contributed by atoms with E-state index in [1.165, 1.54) is 0 Å². The van der Waals surface area contributed by atoms with Gasteiger partial charge in [0.05, 0.1) is 16.2 Å². The van der Waals surface area contributed by atoms with Crippen LogP contribution in [0.4, 0.5) is 5.69 Å². The number of rotatable bonds is 2. The van der Waals surface area contributed by atoms with Gasteiger partial charge in [0.2, 0.25) is 5.91 Å². The number of halogens is 1. The van der Waals surface area contributed by atoms with Crippen LogP contribution in [0, 0.1) is 0 Å². The summed E-state index contributed by atoms with van der Waals surface area (Å²) in [4.78, 5) is 17.0. The molecule has 0 radical (unpaired) electrons. The van der Waals surface area contributed by atoms with E-state index in [0.29, 0.717) is 6.42 Å². The van der Waals surface area contributed by atoms with E-state index >= 15 is 0 Å². The zero-order valence-electron chi connectivity index (χ0n) is 8.40. The molecule has 80 valence electrons. The summed E-state index contributed by atoms with van der Waals surface area (Å²) in [5.41, 5.74) is 0.984. The van der Waals surface area contributed by atoms with Crippen LogP contribution in [0.1, 0.15) is 6.42 Å². The molecule has 1 aliphatic rings. The number of carbonyl (C=O) groups is 1. The standard InChI is InChI=1S/C10H12BrN3O/c1-14-6-7(4-10(14)15)13-9-2-3-12-5-8(9)11/h2-3,5,7H,4,6H2,1H3,(H,12,13). The van der Waals surface area contributed by atoms with E-state index in [0.717, 1.165) is 16.7 Å². The van der Waals surface area contributed by atoms with Gasteiger partial charge in [0, 0.05) is 32.4 Å². The van der Waals surface area contributed by atoms with Crippen LogP contribution in [0.5, 0.6) is 0 Å². The summed E-state index contributed by atoms with van der Waals surface area (Å²) in [5, 5.41) is 3.32. The van der Waals surface area contributed by atoms with Crippen LogP contribution in [0.3, 0.4) is 0 Å². The van der Waals surface area contributed by atoms with Crippen molar-refractivity contribution in [3.8, 4) is 0 Å². The normalized spacial score (nSPS) is 20.8. The van der Waals surface area contributed by atoms with Gasteiger partial charge in [0.25, 0.3) is 0 Å². The van der Waals surface area contributed by atoms with Crippen LogP contribution in [0.25, 0.3) is 0 Å². The van der Waals surface area contributed by atoms with Gasteiger partial charge in [-0.2, -0.15) is 0 Å². The molecule has 1 aromatic rings. The molecule has 1 fully saturated rings. The van der Waals surface area contributed by atoms with Crippen LogP contribution in [-0.2, 0) is 4.79 Å². The van der Waals surface area contributed by atoms with Crippen molar-refractivity contribution in [1.29, 1.82) is 0 Å². The van der Waals surface area contributed by atoms with Crippen LogP contribution >= 0.6 is 15.9 Å². The lowest BCUT2D eigenvalue weighted by Crippen LogP contribution is -2.24. The highest BCUT2D eigenvalue weighted by Gasteiger charge is 2.26. The maximum Gasteiger partial charge on any atom is 0.224 e. The van der Waals surface area contributed by atoms with Gasteiger partial charge in [-0.25, -0.2) is 0 Å². The second kappa shape index (κ2) is 4.18. The van der Waals surface area contributed by atoms with Gasteiger partial charge in [-0.1, -0.05) is 0 Å². The summed E-state index contributed by atoms with van der Waals surface area (Å²) >= 11 is 3.41. The monoisotopic (exact) mass is 269 g/mol. The van der Waals surface area contributed by atoms with E-state index in [9.17, 15) is 4.79 Å². The molecule has 1 unspecified atom stereocenters. The highest BCUT2D eigenvalue weighted by atomic mass is 79.9. The topological polar surface area (TPSA) is 45.2 Å². The number of carbonyl (C=O) groups excluding carboxylic acids is 1. The van der Waals surface area contributed by atoms with Gasteiger partial charge in [0.15, 0.2) is 0 Å². The Morgan fingerprint density at radius 1 is 1.67 bits per heavy atom. The predicted octanol–water partition coefficient (Wildman–Crippen LogP) is 1.49. The molecule has 2 heterocycles. The smallest absolute Gasteiger partial charge is 0.224 e. The van der Waals surface area contributed by atoms with Crippen molar-refractivity contribution in [2.24, 2.45) is 0 Å². The van der Waals surface area contributed by atoms with E-state index in [-0.39, 0.29) is 11.9 Å². The molecule has 1 saturated heterocycles. The van der Waals surface area contributed by atoms with Gasteiger partial charge in [0.1, 0.15) is 0 Å². The third-order valence-electron chi connectivity index (χ3n) is 2.47. The molecule has 5 heteroatoms. The van der Waals surface area contributed by atoms with Gasteiger partial charge in [-0.3, -0.25) is 9.78 Å². The van der Waals surface area contributed by atoms with E-state index in [1.54, 1.807) is 17.3 Å². The molecular formula is C10H12BrN3O. The third-order valence-corrected chi connectivity index (χ3v) is 3.11. The average Bonchev–Trinajstić information content (AvgIpc) is 2.50. The number of aromatic nitrogens is 1. The van der Waals surface area contributed by atoms with Gasteiger partial charge in [-0.05, 0) is 22.0 Å². The Balaban J connectivity index is 2.05. The minimum Gasteiger partial charge on any atom is -0.379 e. The number of nitrogens with zero attached hydrogens (tertiary/aromatic N) is 2. The third kappa shape index (κ3) is 2.28. The minimum atomic E-state index is 0.192. The van der Waals surface area contributed by atoms with E-state index in [1.807, 2.05) is 13.1 Å². The number of hydrogen-bond acceptors (Lipinski definition) is 3. The summed E-state index contributed by atoms with van der Waals surface area (Å²) in [7, 11) is 1.83. The lowest BCUT2D eigenvalue weighted by Gasteiger charge is -2.14. The number of amides is 1. The summed E-state index contributed by atoms with van der Waals surface area (Å²) in [6, 6.07) is 2.09. The Morgan fingerprint density at radius 3 is 3.07 bits per heavy atom. The van der Waals surface area contributed by atoms with Crippen molar-refractivity contribution in [3.63, 3.8) is 0 Å². The molecule has 0 bridgehead atoms. The fourth-order valence-corrected chi connectivity index (χ4v) is 2.04. The van der Waals surface area contributed by atoms with Crippen LogP contribution in [-0.4, -0.2) is 35.4 Å². The Bertz CT molecular complexity index is 383. The van der Waals surface area contributed by atoms with Crippen molar-refractivity contribution in [1.82, 2.24) is 9.88 Å². The van der Waals surface area contributed by atoms with E-state index < -0.39 is 0 Å². The van der Waals surface area contributed by atoms with Crippen LogP contribution in [0.2, 0.25) is 0 Å². The molecule has 15 heavy (non-hydrogen) atoms. The number of hydrogen-bond donors (Lipinski definition) is 1. The largest absolute Gasteiger partial charge is 0.379 e. The summed E-state index contributed by atoms with van der Waals surface area (Å²) in [5.74, 6) is 0.192. The molecule has 0 aromatic carbocycles. The van der Waals surface area contributed by atoms with Gasteiger partial charge < -0.3 is 10.2 Å². The van der Waals surface area contributed by atoms with Gasteiger partial charge >= 0.3 is 0 Å². The first-order valence-corrected chi connectivity index (χ1v) is 5.56. The molecule has 0 saturated carbocycles. The number of pyridine rings is 1. The fraction of sp³-hybridized carbons (Fsp3) is 0.400. The van der Waals surface area contributed by atoms with Crippen molar-refractivity contribution < 1.29 is 4.79 Å². The van der Waals surface area contributed by atoms with Gasteiger partial charge in [-0.15, -0.1) is 0 Å². The quantitative estimate of drug-likeness (QED) is 0.885. The van der Waals surface area contributed by atoms with E-state index in [4.69, 9.17) is 0 Å². The molecule has 1 aliphatic heterocycles. The second-order valence-electron chi connectivity index (χ2n) is 3.68. The Hall–Kier alpha value is -1.10. The highest BCUT2D eigenvalue weighted by molar-refractivity contribution is 9.10. The van der Waals surface area contributed by atoms with Crippen molar-refractivity contribution >= 4 is 27.5 Å². The summed E-state index contributed by atoms with van der Waals surface area (Å²) < 4.78 is 0.923. The van der Waals surface area contributed by atoms with Crippen molar-refractivity contribution in [2.75, 3.05) is 18.9 Å². The Morgan fingerprint density at radius 2 is 2.47 bits per heavy atom. The summed E-state index contributed by atoms with van der Waals surface area (Å²) in [6.07, 6.45) is 4.03. The molecule has 4 nitrogen and oxygen atoms in total. The Labute approximate surface area is 96.8 Å². The first-order chi connectivity index (χ1) is 7.16. The first kappa shape index (κ1) is 10.4. The minimum absolute atomic E-state index is 0.192. The molecule has 1 aromatic heterocycles. The first-order valence-electron chi connectivity index (χ1n) is 4.77. The zero-order valence-corrected chi connectivity index (χ0v) is 9.99. The molecule has 2 rings (SSSR count). The second-order valence-corrected chi connectivity index (χ2v) is 4.53. The highest BCUT2D eigenvalue weighted by Crippen LogP contribution is 2.23. The summed E-state index contributed by atoms with van der Waals surface area (Å²) in [6.45, 7) is 0.758. The molecule has 0 spiro atoms. The lowest BCUT2D eigenvalue weighted by atomic mass is 10.2. The predicted molar refractivity (Wildman–Crippen MR) is 61.6 cm³/mol. The molecule has 1 amide bonds. The number of anilines is 1. The zero-order chi connectivity index (χ0) is 10.8. The average molecular weight is 270 g/mol. The van der Waals surface area contributed by atoms with Crippen molar-refractivity contribution in [3.05, 3.63) is 22.9 Å². The number of nitrogens with one attached hydrogen (secondary N) is 1. The van der Waals surface area contributed by atoms with Crippen LogP contribution < -0.4 is 5.32 Å². The molecular weight excluding hydrogens is 258 g/mol. The molecule has 1 atom stereocenters. The molecule has 1 N–H and O–H groups in total. The maximum absolute atomic E-state index is 11.3. The van der Waals surface area contributed by atoms with Crippen molar-refractivity contribution in [2.45, 2.75) is 12.5 Å². The fourth-order valence-electron chi connectivity index (χ4n) is 1.67. The number of likely N-dealkylation sites (tertiary alicyclic amines) is 1.